The van der Waals surface area contributed by atoms with Crippen LogP contribution < -0.4 is 11.1 Å². The van der Waals surface area contributed by atoms with Gasteiger partial charge in [0, 0.05) is 53.1 Å². The van der Waals surface area contributed by atoms with Crippen molar-refractivity contribution >= 4 is 40.4 Å². The van der Waals surface area contributed by atoms with Gasteiger partial charge in [-0.1, -0.05) is 41.9 Å². The number of nitrogens with two attached hydrogens (primary N) is 1. The van der Waals surface area contributed by atoms with Gasteiger partial charge in [0.05, 0.1) is 17.8 Å². The number of halogens is 1. The van der Waals surface area contributed by atoms with Gasteiger partial charge in [-0.05, 0) is 30.3 Å². The first kappa shape index (κ1) is 22.5. The van der Waals surface area contributed by atoms with Crippen molar-refractivity contribution in [3.8, 4) is 10.4 Å². The highest BCUT2D eigenvalue weighted by molar-refractivity contribution is 7.15. The molecule has 32 heavy (non-hydrogen) atoms. The molecule has 6 nitrogen and oxygen atoms in total. The van der Waals surface area contributed by atoms with Crippen LogP contribution in [-0.2, 0) is 11.3 Å². The first-order valence-corrected chi connectivity index (χ1v) is 11.7. The Morgan fingerprint density at radius 1 is 0.938 bits per heavy atom. The third-order valence-corrected chi connectivity index (χ3v) is 6.91. The van der Waals surface area contributed by atoms with E-state index in [1.807, 2.05) is 24.3 Å². The van der Waals surface area contributed by atoms with E-state index < -0.39 is 5.91 Å². The molecule has 1 aromatic heterocycles. The Kier molecular flexibility index (Phi) is 7.22. The van der Waals surface area contributed by atoms with Gasteiger partial charge in [0.1, 0.15) is 0 Å². The molecule has 1 aliphatic heterocycles. The number of hydrogen-bond acceptors (Lipinski definition) is 5. The Morgan fingerprint density at radius 3 is 2.38 bits per heavy atom. The number of carbonyl (C=O) groups excluding carboxylic acids is 2. The summed E-state index contributed by atoms with van der Waals surface area (Å²) in [6.07, 6.45) is 0. The number of nitrogens with one attached hydrogen (secondary N) is 1. The lowest BCUT2D eigenvalue weighted by Gasteiger charge is -2.34. The van der Waals surface area contributed by atoms with Crippen LogP contribution in [0.4, 0.5) is 5.69 Å². The maximum Gasteiger partial charge on any atom is 0.250 e. The Balaban J connectivity index is 1.27. The molecule has 0 bridgehead atoms. The molecule has 166 valence electrons. The Bertz CT molecular complexity index is 1110. The fourth-order valence-corrected chi connectivity index (χ4v) is 5.18. The highest BCUT2D eigenvalue weighted by Gasteiger charge is 2.20. The summed E-state index contributed by atoms with van der Waals surface area (Å²) in [5.74, 6) is -0.699. The van der Waals surface area contributed by atoms with Gasteiger partial charge in [0.25, 0.3) is 5.91 Å². The summed E-state index contributed by atoms with van der Waals surface area (Å²) < 4.78 is 0. The summed E-state index contributed by atoms with van der Waals surface area (Å²) in [5.41, 5.74) is 7.22. The monoisotopic (exact) mass is 468 g/mol. The van der Waals surface area contributed by atoms with E-state index >= 15 is 0 Å². The number of primary amides is 1. The second kappa shape index (κ2) is 10.3. The van der Waals surface area contributed by atoms with Crippen LogP contribution in [0.2, 0.25) is 5.02 Å². The van der Waals surface area contributed by atoms with Crippen LogP contribution in [0, 0.1) is 0 Å². The molecule has 1 saturated heterocycles. The highest BCUT2D eigenvalue weighted by Crippen LogP contribution is 2.33. The minimum absolute atomic E-state index is 0.144. The molecule has 0 unspecified atom stereocenters. The number of nitrogens with zero attached hydrogens (tertiary/aromatic N) is 2. The minimum atomic E-state index is -0.555. The number of amides is 2. The van der Waals surface area contributed by atoms with Crippen LogP contribution >= 0.6 is 22.9 Å². The van der Waals surface area contributed by atoms with E-state index in [4.69, 9.17) is 17.3 Å². The van der Waals surface area contributed by atoms with Gasteiger partial charge >= 0.3 is 0 Å². The van der Waals surface area contributed by atoms with Crippen molar-refractivity contribution in [2.75, 3.05) is 38.0 Å². The maximum absolute atomic E-state index is 12.5. The van der Waals surface area contributed by atoms with E-state index in [1.165, 1.54) is 9.75 Å². The summed E-state index contributed by atoms with van der Waals surface area (Å²) >= 11 is 8.10. The SMILES string of the molecule is NC(=O)c1ccccc1NC(=O)CN1CCN(Cc2ccc(-c3ccccc3Cl)s2)CC1. The molecule has 2 heterocycles. The Morgan fingerprint density at radius 2 is 1.62 bits per heavy atom. The molecule has 8 heteroatoms. The van der Waals surface area contributed by atoms with E-state index in [2.05, 4.69) is 27.2 Å². The summed E-state index contributed by atoms with van der Waals surface area (Å²) in [6.45, 7) is 4.59. The standard InChI is InChI=1S/C24H25ClN4O2S/c25-20-7-3-1-5-18(20)22-10-9-17(32-22)15-28-11-13-29(14-12-28)16-23(30)27-21-8-4-2-6-19(21)24(26)31/h1-10H,11-16H2,(H2,26,31)(H,27,30). The van der Waals surface area contributed by atoms with Crippen molar-refractivity contribution < 1.29 is 9.59 Å². The molecule has 0 spiro atoms. The number of anilines is 1. The van der Waals surface area contributed by atoms with Crippen molar-refractivity contribution in [1.29, 1.82) is 0 Å². The van der Waals surface area contributed by atoms with Gasteiger partial charge in [-0.2, -0.15) is 0 Å². The molecule has 0 saturated carbocycles. The molecule has 0 atom stereocenters. The van der Waals surface area contributed by atoms with E-state index in [9.17, 15) is 9.59 Å². The van der Waals surface area contributed by atoms with Crippen LogP contribution in [0.1, 0.15) is 15.2 Å². The summed E-state index contributed by atoms with van der Waals surface area (Å²) in [4.78, 5) is 31.0. The Labute approximate surface area is 196 Å². The number of piperazine rings is 1. The molecular formula is C24H25ClN4O2S. The largest absolute Gasteiger partial charge is 0.366 e. The zero-order valence-corrected chi connectivity index (χ0v) is 19.2. The predicted octanol–water partition coefficient (Wildman–Crippen LogP) is 3.92. The molecule has 4 rings (SSSR count). The van der Waals surface area contributed by atoms with Crippen LogP contribution in [0.25, 0.3) is 10.4 Å². The average molecular weight is 469 g/mol. The minimum Gasteiger partial charge on any atom is -0.366 e. The van der Waals surface area contributed by atoms with Crippen molar-refractivity contribution in [2.45, 2.75) is 6.54 Å². The average Bonchev–Trinajstić information content (AvgIpc) is 3.24. The third-order valence-electron chi connectivity index (χ3n) is 5.48. The van der Waals surface area contributed by atoms with Crippen molar-refractivity contribution in [2.24, 2.45) is 5.73 Å². The van der Waals surface area contributed by atoms with E-state index in [0.29, 0.717) is 11.3 Å². The normalized spacial score (nSPS) is 14.9. The predicted molar refractivity (Wildman–Crippen MR) is 130 cm³/mol. The van der Waals surface area contributed by atoms with Crippen LogP contribution in [0.3, 0.4) is 0 Å². The van der Waals surface area contributed by atoms with Gasteiger partial charge in [0.15, 0.2) is 0 Å². The zero-order chi connectivity index (χ0) is 22.5. The van der Waals surface area contributed by atoms with Gasteiger partial charge in [0.2, 0.25) is 5.91 Å². The van der Waals surface area contributed by atoms with Gasteiger partial charge < -0.3 is 11.1 Å². The third kappa shape index (κ3) is 5.55. The number of carbonyl (C=O) groups is 2. The topological polar surface area (TPSA) is 78.7 Å². The first-order chi connectivity index (χ1) is 15.5. The number of benzene rings is 2. The fraction of sp³-hybridized carbons (Fsp3) is 0.250. The van der Waals surface area contributed by atoms with Crippen LogP contribution in [-0.4, -0.2) is 54.3 Å². The quantitative estimate of drug-likeness (QED) is 0.550. The van der Waals surface area contributed by atoms with Crippen LogP contribution in [0.5, 0.6) is 0 Å². The summed E-state index contributed by atoms with van der Waals surface area (Å²) in [6, 6.07) is 19.0. The fourth-order valence-electron chi connectivity index (χ4n) is 3.79. The number of rotatable bonds is 7. The zero-order valence-electron chi connectivity index (χ0n) is 17.6. The number of hydrogen-bond donors (Lipinski definition) is 2. The van der Waals surface area contributed by atoms with Gasteiger partial charge in [-0.25, -0.2) is 0 Å². The smallest absolute Gasteiger partial charge is 0.250 e. The van der Waals surface area contributed by atoms with Crippen molar-refractivity contribution in [3.05, 3.63) is 76.1 Å². The highest BCUT2D eigenvalue weighted by atomic mass is 35.5. The van der Waals surface area contributed by atoms with E-state index in [0.717, 1.165) is 43.3 Å². The summed E-state index contributed by atoms with van der Waals surface area (Å²) in [5, 5.41) is 3.58. The van der Waals surface area contributed by atoms with Crippen LogP contribution in [0.15, 0.2) is 60.7 Å². The van der Waals surface area contributed by atoms with Gasteiger partial charge in [-0.3, -0.25) is 19.4 Å². The van der Waals surface area contributed by atoms with Crippen molar-refractivity contribution in [3.63, 3.8) is 0 Å². The molecule has 1 aliphatic rings. The number of para-hydroxylation sites is 1. The first-order valence-electron chi connectivity index (χ1n) is 10.5. The molecular weight excluding hydrogens is 444 g/mol. The Hall–Kier alpha value is -2.71. The molecule has 0 radical (unpaired) electrons. The second-order valence-corrected chi connectivity index (χ2v) is 9.33. The lowest BCUT2D eigenvalue weighted by molar-refractivity contribution is -0.117. The van der Waals surface area contributed by atoms with Crippen molar-refractivity contribution in [1.82, 2.24) is 9.80 Å². The lowest BCUT2D eigenvalue weighted by Crippen LogP contribution is -2.48. The summed E-state index contributed by atoms with van der Waals surface area (Å²) in [7, 11) is 0. The molecule has 0 aliphatic carbocycles. The molecule has 2 amide bonds. The molecule has 2 aromatic carbocycles. The van der Waals surface area contributed by atoms with E-state index in [1.54, 1.807) is 35.6 Å². The molecule has 3 aromatic rings. The molecule has 3 N–H and O–H groups in total. The second-order valence-electron chi connectivity index (χ2n) is 7.76. The number of thiophene rings is 1. The lowest BCUT2D eigenvalue weighted by atomic mass is 10.1. The molecule has 1 fully saturated rings. The van der Waals surface area contributed by atoms with E-state index in [-0.39, 0.29) is 12.5 Å². The van der Waals surface area contributed by atoms with Gasteiger partial charge in [-0.15, -0.1) is 11.3 Å². The maximum atomic E-state index is 12.5.